The van der Waals surface area contributed by atoms with Gasteiger partial charge in [-0.15, -0.1) is 0 Å². The van der Waals surface area contributed by atoms with Gasteiger partial charge in [-0.25, -0.2) is 0 Å². The molecule has 0 N–H and O–H groups in total. The molecule has 1 aliphatic rings. The van der Waals surface area contributed by atoms with Crippen LogP contribution in [-0.4, -0.2) is 47.4 Å². The van der Waals surface area contributed by atoms with E-state index < -0.39 is 34.3 Å². The molecule has 0 radical (unpaired) electrons. The molecular weight excluding hydrogens is 388 g/mol. The molecule has 0 bridgehead atoms. The first-order chi connectivity index (χ1) is 8.90. The van der Waals surface area contributed by atoms with E-state index in [9.17, 15) is 14.4 Å². The fourth-order valence-corrected chi connectivity index (χ4v) is 3.04. The third-order valence-electron chi connectivity index (χ3n) is 2.85. The normalized spacial score (nSPS) is 24.7. The number of rotatable bonds is 5. The van der Waals surface area contributed by atoms with Gasteiger partial charge in [0.25, 0.3) is 0 Å². The molecule has 1 saturated heterocycles. The van der Waals surface area contributed by atoms with Gasteiger partial charge in [0, 0.05) is 5.33 Å². The van der Waals surface area contributed by atoms with Crippen LogP contribution in [0.2, 0.25) is 0 Å². The minimum absolute atomic E-state index is 0.0104. The third kappa shape index (κ3) is 2.40. The Hall–Kier alpha value is -0.630. The second-order valence-electron chi connectivity index (χ2n) is 3.86. The Labute approximate surface area is 127 Å². The number of carbonyl (C=O) groups is 3. The molecule has 1 aliphatic heterocycles. The summed E-state index contributed by atoms with van der Waals surface area (Å²) in [5.74, 6) is -2.38. The minimum Gasteiger partial charge on any atom is -0.465 e. The Balaban J connectivity index is 3.30. The lowest BCUT2D eigenvalue weighted by molar-refractivity contribution is -0.173. The predicted molar refractivity (Wildman–Crippen MR) is 72.1 cm³/mol. The summed E-state index contributed by atoms with van der Waals surface area (Å²) in [7, 11) is 0. The van der Waals surface area contributed by atoms with Crippen LogP contribution in [0, 0.1) is 5.41 Å². The van der Waals surface area contributed by atoms with E-state index in [1.54, 1.807) is 13.8 Å². The number of esters is 3. The van der Waals surface area contributed by atoms with Crippen molar-refractivity contribution in [3.8, 4) is 0 Å². The highest BCUT2D eigenvalue weighted by atomic mass is 79.9. The highest BCUT2D eigenvalue weighted by Gasteiger charge is 2.72. The Kier molecular flexibility index (Phi) is 5.37. The first-order valence-electron chi connectivity index (χ1n) is 5.67. The molecule has 1 heterocycles. The maximum atomic E-state index is 12.2. The van der Waals surface area contributed by atoms with Gasteiger partial charge in [0.15, 0.2) is 4.32 Å². The average molecular weight is 402 g/mol. The van der Waals surface area contributed by atoms with Crippen LogP contribution in [-0.2, 0) is 28.6 Å². The average Bonchev–Trinajstić information content (AvgIpc) is 2.65. The van der Waals surface area contributed by atoms with E-state index >= 15 is 0 Å². The highest BCUT2D eigenvalue weighted by molar-refractivity contribution is 9.12. The van der Waals surface area contributed by atoms with Crippen molar-refractivity contribution < 1.29 is 28.6 Å². The molecule has 1 fully saturated rings. The number of ether oxygens (including phenoxy) is 3. The Morgan fingerprint density at radius 1 is 1.26 bits per heavy atom. The van der Waals surface area contributed by atoms with E-state index in [-0.39, 0.29) is 18.5 Å². The molecule has 0 aliphatic carbocycles. The maximum Gasteiger partial charge on any atom is 0.329 e. The summed E-state index contributed by atoms with van der Waals surface area (Å²) in [6, 6.07) is 0. The van der Waals surface area contributed by atoms with E-state index in [1.165, 1.54) is 0 Å². The number of hydrogen-bond donors (Lipinski definition) is 0. The van der Waals surface area contributed by atoms with Crippen LogP contribution in [0.4, 0.5) is 0 Å². The van der Waals surface area contributed by atoms with Gasteiger partial charge in [-0.3, -0.25) is 14.4 Å². The summed E-state index contributed by atoms with van der Waals surface area (Å²) in [4.78, 5) is 36.2. The molecule has 8 heteroatoms. The second kappa shape index (κ2) is 6.21. The SMILES string of the molecule is CCOC(=O)C1(C(=O)OCC)COC(=O)C1(Br)CBr. The van der Waals surface area contributed by atoms with Crippen molar-refractivity contribution in [3.63, 3.8) is 0 Å². The van der Waals surface area contributed by atoms with E-state index in [2.05, 4.69) is 31.9 Å². The zero-order chi connectivity index (χ0) is 14.7. The van der Waals surface area contributed by atoms with E-state index in [1.807, 2.05) is 0 Å². The molecule has 0 aromatic rings. The second-order valence-corrected chi connectivity index (χ2v) is 5.77. The highest BCUT2D eigenvalue weighted by Crippen LogP contribution is 2.48. The molecule has 6 nitrogen and oxygen atoms in total. The van der Waals surface area contributed by atoms with Crippen molar-refractivity contribution in [3.05, 3.63) is 0 Å². The van der Waals surface area contributed by atoms with Gasteiger partial charge in [-0.1, -0.05) is 31.9 Å². The molecule has 1 atom stereocenters. The summed E-state index contributed by atoms with van der Waals surface area (Å²) in [6.07, 6.45) is 0. The number of halogens is 2. The molecule has 1 rings (SSSR count). The van der Waals surface area contributed by atoms with Crippen molar-refractivity contribution in [1.29, 1.82) is 0 Å². The zero-order valence-electron chi connectivity index (χ0n) is 10.5. The number of carbonyl (C=O) groups excluding carboxylic acids is 3. The molecule has 1 unspecified atom stereocenters. The van der Waals surface area contributed by atoms with Crippen LogP contribution in [0.1, 0.15) is 13.8 Å². The van der Waals surface area contributed by atoms with Crippen LogP contribution < -0.4 is 0 Å². The third-order valence-corrected chi connectivity index (χ3v) is 5.73. The van der Waals surface area contributed by atoms with Crippen molar-refractivity contribution >= 4 is 49.8 Å². The standard InChI is InChI=1S/C11H14Br2O6/c1-3-17-7(14)10(8(15)18-4-2)6-19-9(16)11(10,13)5-12/h3-6H2,1-2H3. The molecule has 0 spiro atoms. The molecule has 0 saturated carbocycles. The van der Waals surface area contributed by atoms with Crippen LogP contribution in [0.15, 0.2) is 0 Å². The summed E-state index contributed by atoms with van der Waals surface area (Å²) in [5, 5.41) is 0.0104. The Morgan fingerprint density at radius 2 is 1.74 bits per heavy atom. The van der Waals surface area contributed by atoms with Gasteiger partial charge < -0.3 is 14.2 Å². The van der Waals surface area contributed by atoms with Crippen molar-refractivity contribution in [2.45, 2.75) is 18.2 Å². The number of cyclic esters (lactones) is 1. The quantitative estimate of drug-likeness (QED) is 0.298. The first-order valence-corrected chi connectivity index (χ1v) is 7.58. The number of hydrogen-bond acceptors (Lipinski definition) is 6. The van der Waals surface area contributed by atoms with Crippen molar-refractivity contribution in [2.75, 3.05) is 25.2 Å². The molecule has 0 amide bonds. The van der Waals surface area contributed by atoms with Gasteiger partial charge in [-0.2, -0.15) is 0 Å². The lowest BCUT2D eigenvalue weighted by Gasteiger charge is -2.31. The van der Waals surface area contributed by atoms with Crippen LogP contribution >= 0.6 is 31.9 Å². The van der Waals surface area contributed by atoms with E-state index in [0.717, 1.165) is 0 Å². The molecule has 0 aromatic carbocycles. The lowest BCUT2D eigenvalue weighted by Crippen LogP contribution is -2.57. The van der Waals surface area contributed by atoms with E-state index in [0.29, 0.717) is 0 Å². The fourth-order valence-electron chi connectivity index (χ4n) is 1.78. The molecule has 0 aromatic heterocycles. The maximum absolute atomic E-state index is 12.2. The summed E-state index contributed by atoms with van der Waals surface area (Å²) < 4.78 is 13.2. The molecular formula is C11H14Br2O6. The molecule has 108 valence electrons. The van der Waals surface area contributed by atoms with Gasteiger partial charge in [0.2, 0.25) is 5.41 Å². The van der Waals surface area contributed by atoms with Gasteiger partial charge in [0.1, 0.15) is 6.61 Å². The number of alkyl halides is 2. The summed E-state index contributed by atoms with van der Waals surface area (Å²) in [6.45, 7) is 2.98. The van der Waals surface area contributed by atoms with Crippen LogP contribution in [0.3, 0.4) is 0 Å². The topological polar surface area (TPSA) is 78.9 Å². The van der Waals surface area contributed by atoms with Crippen LogP contribution in [0.5, 0.6) is 0 Å². The smallest absolute Gasteiger partial charge is 0.329 e. The summed E-state index contributed by atoms with van der Waals surface area (Å²) >= 11 is 6.28. The first kappa shape index (κ1) is 16.4. The predicted octanol–water partition coefficient (Wildman–Crippen LogP) is 1.18. The van der Waals surface area contributed by atoms with Crippen molar-refractivity contribution in [1.82, 2.24) is 0 Å². The Morgan fingerprint density at radius 3 is 2.11 bits per heavy atom. The summed E-state index contributed by atoms with van der Waals surface area (Å²) in [5.41, 5.74) is -1.83. The zero-order valence-corrected chi connectivity index (χ0v) is 13.7. The van der Waals surface area contributed by atoms with Gasteiger partial charge in [0.05, 0.1) is 13.2 Å². The van der Waals surface area contributed by atoms with Crippen molar-refractivity contribution in [2.24, 2.45) is 5.41 Å². The largest absolute Gasteiger partial charge is 0.465 e. The fraction of sp³-hybridized carbons (Fsp3) is 0.727. The van der Waals surface area contributed by atoms with E-state index in [4.69, 9.17) is 14.2 Å². The Bertz CT molecular complexity index is 379. The van der Waals surface area contributed by atoms with Gasteiger partial charge in [-0.05, 0) is 13.8 Å². The molecule has 19 heavy (non-hydrogen) atoms. The monoisotopic (exact) mass is 400 g/mol. The van der Waals surface area contributed by atoms with Gasteiger partial charge >= 0.3 is 17.9 Å². The lowest BCUT2D eigenvalue weighted by atomic mass is 9.78. The van der Waals surface area contributed by atoms with Crippen LogP contribution in [0.25, 0.3) is 0 Å². The minimum atomic E-state index is -1.83.